The Labute approximate surface area is 106 Å². The van der Waals surface area contributed by atoms with Crippen molar-refractivity contribution in [3.8, 4) is 5.75 Å². The number of anilines is 1. The van der Waals surface area contributed by atoms with Gasteiger partial charge in [-0.1, -0.05) is 0 Å². The van der Waals surface area contributed by atoms with Gasteiger partial charge in [0.1, 0.15) is 11.3 Å². The van der Waals surface area contributed by atoms with Gasteiger partial charge >= 0.3 is 0 Å². The summed E-state index contributed by atoms with van der Waals surface area (Å²) in [6.07, 6.45) is 1.05. The Morgan fingerprint density at radius 2 is 2.11 bits per heavy atom. The number of nitrogens with two attached hydrogens (primary N) is 1. The number of rotatable bonds is 2. The van der Waals surface area contributed by atoms with Gasteiger partial charge in [0, 0.05) is 18.9 Å². The van der Waals surface area contributed by atoms with E-state index in [0.29, 0.717) is 31.7 Å². The number of carbonyl (C=O) groups excluding carboxylic acids is 1. The summed E-state index contributed by atoms with van der Waals surface area (Å²) in [5, 5.41) is 12.1. The maximum Gasteiger partial charge on any atom is 0.244 e. The highest BCUT2D eigenvalue weighted by Crippen LogP contribution is 2.23. The molecule has 0 bridgehead atoms. The third-order valence-corrected chi connectivity index (χ3v) is 3.30. The predicted molar refractivity (Wildman–Crippen MR) is 68.4 cm³/mol. The largest absolute Gasteiger partial charge is 0.508 e. The molecule has 1 aliphatic heterocycles. The highest BCUT2D eigenvalue weighted by molar-refractivity contribution is 5.98. The molecule has 5 nitrogen and oxygen atoms in total. The predicted octanol–water partition coefficient (Wildman–Crippen LogP) is 1.15. The first-order chi connectivity index (χ1) is 8.51. The summed E-state index contributed by atoms with van der Waals surface area (Å²) in [6.45, 7) is 2.85. The minimum Gasteiger partial charge on any atom is -0.508 e. The zero-order valence-corrected chi connectivity index (χ0v) is 10.4. The van der Waals surface area contributed by atoms with Crippen LogP contribution in [0.25, 0.3) is 0 Å². The van der Waals surface area contributed by atoms with Crippen molar-refractivity contribution in [2.75, 3.05) is 18.5 Å². The summed E-state index contributed by atoms with van der Waals surface area (Å²) < 4.78 is 5.21. The normalized spacial score (nSPS) is 18.3. The Hall–Kier alpha value is -1.59. The fraction of sp³-hybridized carbons (Fsp3) is 0.462. The van der Waals surface area contributed by atoms with E-state index in [2.05, 4.69) is 5.32 Å². The van der Waals surface area contributed by atoms with Crippen LogP contribution in [0.1, 0.15) is 18.4 Å². The summed E-state index contributed by atoms with van der Waals surface area (Å²) in [5.41, 5.74) is 6.71. The zero-order valence-electron chi connectivity index (χ0n) is 10.4. The van der Waals surface area contributed by atoms with E-state index in [1.165, 1.54) is 6.07 Å². The SMILES string of the molecule is Cc1cc(O)ccc1NC(=O)C1(N)CCOCC1. The molecule has 98 valence electrons. The smallest absolute Gasteiger partial charge is 0.244 e. The third kappa shape index (κ3) is 2.63. The third-order valence-electron chi connectivity index (χ3n) is 3.30. The number of hydrogen-bond acceptors (Lipinski definition) is 4. The maximum atomic E-state index is 12.2. The Bertz CT molecular complexity index is 454. The van der Waals surface area contributed by atoms with E-state index in [1.807, 2.05) is 6.92 Å². The van der Waals surface area contributed by atoms with Gasteiger partial charge in [-0.05, 0) is 43.5 Å². The molecule has 0 radical (unpaired) electrons. The molecule has 1 amide bonds. The van der Waals surface area contributed by atoms with E-state index in [-0.39, 0.29) is 11.7 Å². The molecule has 1 heterocycles. The van der Waals surface area contributed by atoms with Gasteiger partial charge in [0.05, 0.1) is 0 Å². The lowest BCUT2D eigenvalue weighted by molar-refractivity contribution is -0.124. The number of amides is 1. The average Bonchev–Trinajstić information content (AvgIpc) is 2.33. The van der Waals surface area contributed by atoms with Crippen LogP contribution < -0.4 is 11.1 Å². The number of aromatic hydroxyl groups is 1. The number of carbonyl (C=O) groups is 1. The number of phenolic OH excluding ortho intramolecular Hbond substituents is 1. The molecule has 1 aliphatic rings. The van der Waals surface area contributed by atoms with E-state index in [0.717, 1.165) is 5.56 Å². The molecule has 4 N–H and O–H groups in total. The maximum absolute atomic E-state index is 12.2. The van der Waals surface area contributed by atoms with Gasteiger partial charge in [0.2, 0.25) is 5.91 Å². The first kappa shape index (κ1) is 12.9. The van der Waals surface area contributed by atoms with Gasteiger partial charge in [-0.25, -0.2) is 0 Å². The lowest BCUT2D eigenvalue weighted by Gasteiger charge is -2.31. The number of ether oxygens (including phenoxy) is 1. The summed E-state index contributed by atoms with van der Waals surface area (Å²) in [4.78, 5) is 12.2. The Morgan fingerprint density at radius 1 is 1.44 bits per heavy atom. The van der Waals surface area contributed by atoms with Crippen LogP contribution in [-0.2, 0) is 9.53 Å². The van der Waals surface area contributed by atoms with Crippen LogP contribution in [0.3, 0.4) is 0 Å². The van der Waals surface area contributed by atoms with E-state index in [4.69, 9.17) is 10.5 Å². The molecule has 1 saturated heterocycles. The molecule has 0 unspecified atom stereocenters. The van der Waals surface area contributed by atoms with Gasteiger partial charge in [-0.3, -0.25) is 4.79 Å². The molecule has 0 aromatic heterocycles. The van der Waals surface area contributed by atoms with Crippen LogP contribution in [0.5, 0.6) is 5.75 Å². The van der Waals surface area contributed by atoms with Gasteiger partial charge < -0.3 is 20.9 Å². The van der Waals surface area contributed by atoms with Crippen molar-refractivity contribution in [2.45, 2.75) is 25.3 Å². The van der Waals surface area contributed by atoms with Crippen LogP contribution in [-0.4, -0.2) is 29.8 Å². The molecule has 0 spiro atoms. The summed E-state index contributed by atoms with van der Waals surface area (Å²) >= 11 is 0. The number of hydrogen-bond donors (Lipinski definition) is 3. The summed E-state index contributed by atoms with van der Waals surface area (Å²) in [5.74, 6) is -0.0152. The molecular weight excluding hydrogens is 232 g/mol. The van der Waals surface area contributed by atoms with Crippen molar-refractivity contribution < 1.29 is 14.6 Å². The van der Waals surface area contributed by atoms with Crippen LogP contribution >= 0.6 is 0 Å². The van der Waals surface area contributed by atoms with Crippen LogP contribution in [0.2, 0.25) is 0 Å². The Balaban J connectivity index is 2.11. The Morgan fingerprint density at radius 3 is 2.72 bits per heavy atom. The molecular formula is C13H18N2O3. The molecule has 5 heteroatoms. The molecule has 1 aromatic rings. The van der Waals surface area contributed by atoms with Crippen molar-refractivity contribution in [1.29, 1.82) is 0 Å². The molecule has 0 aliphatic carbocycles. The first-order valence-corrected chi connectivity index (χ1v) is 5.99. The number of aryl methyl sites for hydroxylation is 1. The molecule has 1 fully saturated rings. The lowest BCUT2D eigenvalue weighted by Crippen LogP contribution is -2.54. The van der Waals surface area contributed by atoms with Crippen LogP contribution in [0.4, 0.5) is 5.69 Å². The molecule has 18 heavy (non-hydrogen) atoms. The van der Waals surface area contributed by atoms with Crippen molar-refractivity contribution in [3.63, 3.8) is 0 Å². The molecule has 2 rings (SSSR count). The van der Waals surface area contributed by atoms with Crippen molar-refractivity contribution in [1.82, 2.24) is 0 Å². The highest BCUT2D eigenvalue weighted by Gasteiger charge is 2.36. The quantitative estimate of drug-likeness (QED) is 0.687. The van der Waals surface area contributed by atoms with Gasteiger partial charge in [-0.15, -0.1) is 0 Å². The molecule has 0 atom stereocenters. The van der Waals surface area contributed by atoms with E-state index >= 15 is 0 Å². The van der Waals surface area contributed by atoms with Crippen molar-refractivity contribution in [3.05, 3.63) is 23.8 Å². The monoisotopic (exact) mass is 250 g/mol. The fourth-order valence-electron chi connectivity index (χ4n) is 2.00. The highest BCUT2D eigenvalue weighted by atomic mass is 16.5. The van der Waals surface area contributed by atoms with E-state index in [1.54, 1.807) is 12.1 Å². The standard InChI is InChI=1S/C13H18N2O3/c1-9-8-10(16)2-3-11(9)15-12(17)13(14)4-6-18-7-5-13/h2-3,8,16H,4-7,14H2,1H3,(H,15,17). The topological polar surface area (TPSA) is 84.6 Å². The average molecular weight is 250 g/mol. The molecule has 1 aromatic carbocycles. The zero-order chi connectivity index (χ0) is 13.2. The second-order valence-electron chi connectivity index (χ2n) is 4.72. The van der Waals surface area contributed by atoms with E-state index < -0.39 is 5.54 Å². The lowest BCUT2D eigenvalue weighted by atomic mass is 9.90. The number of benzene rings is 1. The van der Waals surface area contributed by atoms with Gasteiger partial charge in [0.15, 0.2) is 0 Å². The Kier molecular flexibility index (Phi) is 3.54. The van der Waals surface area contributed by atoms with Crippen LogP contribution in [0, 0.1) is 6.92 Å². The molecule has 0 saturated carbocycles. The van der Waals surface area contributed by atoms with Crippen molar-refractivity contribution >= 4 is 11.6 Å². The van der Waals surface area contributed by atoms with Crippen LogP contribution in [0.15, 0.2) is 18.2 Å². The number of phenols is 1. The van der Waals surface area contributed by atoms with Crippen molar-refractivity contribution in [2.24, 2.45) is 5.73 Å². The van der Waals surface area contributed by atoms with Gasteiger partial charge in [0.25, 0.3) is 0 Å². The van der Waals surface area contributed by atoms with E-state index in [9.17, 15) is 9.90 Å². The second-order valence-corrected chi connectivity index (χ2v) is 4.72. The summed E-state index contributed by atoms with van der Waals surface area (Å²) in [7, 11) is 0. The first-order valence-electron chi connectivity index (χ1n) is 5.99. The second kappa shape index (κ2) is 4.96. The number of nitrogens with one attached hydrogen (secondary N) is 1. The fourth-order valence-corrected chi connectivity index (χ4v) is 2.00. The minimum absolute atomic E-state index is 0.180. The minimum atomic E-state index is -0.859. The summed E-state index contributed by atoms with van der Waals surface area (Å²) in [6, 6.07) is 4.81. The van der Waals surface area contributed by atoms with Gasteiger partial charge in [-0.2, -0.15) is 0 Å².